The number of rotatable bonds is 5. The Balaban J connectivity index is 1.88. The highest BCUT2D eigenvalue weighted by molar-refractivity contribution is 5.36. The van der Waals surface area contributed by atoms with Crippen LogP contribution >= 0.6 is 0 Å². The standard InChI is InChI=1S/C17H20N2O/c1-12-8-14(11-19-10-12)17(18-2)13-4-3-5-16(9-13)20-15-6-7-15/h3-5,8-11,15,17-18H,6-7H2,1-2H3. The van der Waals surface area contributed by atoms with Crippen LogP contribution in [0, 0.1) is 6.92 Å². The Morgan fingerprint density at radius 1 is 1.20 bits per heavy atom. The van der Waals surface area contributed by atoms with Gasteiger partial charge < -0.3 is 10.1 Å². The summed E-state index contributed by atoms with van der Waals surface area (Å²) in [6.45, 7) is 2.07. The highest BCUT2D eigenvalue weighted by atomic mass is 16.5. The lowest BCUT2D eigenvalue weighted by Gasteiger charge is -2.18. The molecular formula is C17H20N2O. The number of aromatic nitrogens is 1. The minimum absolute atomic E-state index is 0.144. The fourth-order valence-corrected chi connectivity index (χ4v) is 2.41. The van der Waals surface area contributed by atoms with E-state index >= 15 is 0 Å². The lowest BCUT2D eigenvalue weighted by Crippen LogP contribution is -2.18. The number of hydrogen-bond acceptors (Lipinski definition) is 3. The van der Waals surface area contributed by atoms with Crippen molar-refractivity contribution < 1.29 is 4.74 Å². The average Bonchev–Trinajstić information content (AvgIpc) is 3.24. The third-order valence-corrected chi connectivity index (χ3v) is 3.54. The number of ether oxygens (including phenoxy) is 1. The van der Waals surface area contributed by atoms with Crippen molar-refractivity contribution >= 4 is 0 Å². The van der Waals surface area contributed by atoms with E-state index in [2.05, 4.69) is 41.5 Å². The van der Waals surface area contributed by atoms with Gasteiger partial charge in [0.2, 0.25) is 0 Å². The first-order valence-corrected chi connectivity index (χ1v) is 7.11. The summed E-state index contributed by atoms with van der Waals surface area (Å²) in [6.07, 6.45) is 6.59. The minimum atomic E-state index is 0.144. The second-order valence-electron chi connectivity index (χ2n) is 5.41. The molecule has 0 bridgehead atoms. The molecule has 0 amide bonds. The van der Waals surface area contributed by atoms with Crippen molar-refractivity contribution in [2.75, 3.05) is 7.05 Å². The number of nitrogens with one attached hydrogen (secondary N) is 1. The second-order valence-corrected chi connectivity index (χ2v) is 5.41. The van der Waals surface area contributed by atoms with Gasteiger partial charge >= 0.3 is 0 Å². The van der Waals surface area contributed by atoms with Crippen molar-refractivity contribution in [3.63, 3.8) is 0 Å². The van der Waals surface area contributed by atoms with E-state index in [-0.39, 0.29) is 6.04 Å². The summed E-state index contributed by atoms with van der Waals surface area (Å²) in [5.74, 6) is 0.964. The SMILES string of the molecule is CNC(c1cncc(C)c1)c1cccc(OC2CC2)c1. The third-order valence-electron chi connectivity index (χ3n) is 3.54. The Hall–Kier alpha value is -1.87. The van der Waals surface area contributed by atoms with Crippen LogP contribution in [0.15, 0.2) is 42.7 Å². The van der Waals surface area contributed by atoms with Gasteiger partial charge in [0, 0.05) is 12.4 Å². The van der Waals surface area contributed by atoms with Gasteiger partial charge in [-0.3, -0.25) is 4.98 Å². The summed E-state index contributed by atoms with van der Waals surface area (Å²) in [5.41, 5.74) is 3.56. The van der Waals surface area contributed by atoms with Crippen molar-refractivity contribution in [1.29, 1.82) is 0 Å². The van der Waals surface area contributed by atoms with Crippen molar-refractivity contribution in [1.82, 2.24) is 10.3 Å². The molecule has 1 heterocycles. The molecule has 0 saturated heterocycles. The van der Waals surface area contributed by atoms with Crippen LogP contribution in [0.3, 0.4) is 0 Å². The first-order chi connectivity index (χ1) is 9.76. The molecule has 2 aromatic rings. The Bertz CT molecular complexity index is 593. The van der Waals surface area contributed by atoms with Gasteiger partial charge in [-0.25, -0.2) is 0 Å². The van der Waals surface area contributed by atoms with Gasteiger partial charge in [-0.15, -0.1) is 0 Å². The smallest absolute Gasteiger partial charge is 0.120 e. The van der Waals surface area contributed by atoms with Gasteiger partial charge in [-0.05, 0) is 55.6 Å². The number of aryl methyl sites for hydroxylation is 1. The van der Waals surface area contributed by atoms with Gasteiger partial charge in [0.25, 0.3) is 0 Å². The fourth-order valence-electron chi connectivity index (χ4n) is 2.41. The quantitative estimate of drug-likeness (QED) is 0.904. The van der Waals surface area contributed by atoms with Crippen molar-refractivity contribution in [2.24, 2.45) is 0 Å². The summed E-state index contributed by atoms with van der Waals surface area (Å²) < 4.78 is 5.88. The van der Waals surface area contributed by atoms with Crippen LogP contribution in [0.1, 0.15) is 35.6 Å². The highest BCUT2D eigenvalue weighted by Crippen LogP contribution is 2.29. The highest BCUT2D eigenvalue weighted by Gasteiger charge is 2.23. The van der Waals surface area contributed by atoms with Gasteiger partial charge in [-0.2, -0.15) is 0 Å². The van der Waals surface area contributed by atoms with Crippen molar-refractivity contribution in [3.8, 4) is 5.75 Å². The van der Waals surface area contributed by atoms with Crippen LogP contribution in [0.5, 0.6) is 5.75 Å². The van der Waals surface area contributed by atoms with Crippen molar-refractivity contribution in [3.05, 3.63) is 59.4 Å². The predicted octanol–water partition coefficient (Wildman–Crippen LogP) is 3.24. The number of pyridine rings is 1. The maximum Gasteiger partial charge on any atom is 0.120 e. The second kappa shape index (κ2) is 5.63. The van der Waals surface area contributed by atoms with Gasteiger partial charge in [0.05, 0.1) is 12.1 Å². The van der Waals surface area contributed by atoms with Crippen LogP contribution in [0.25, 0.3) is 0 Å². The number of hydrogen-bond donors (Lipinski definition) is 1. The molecular weight excluding hydrogens is 248 g/mol. The van der Waals surface area contributed by atoms with E-state index in [1.807, 2.05) is 25.5 Å². The lowest BCUT2D eigenvalue weighted by molar-refractivity contribution is 0.302. The van der Waals surface area contributed by atoms with E-state index in [0.29, 0.717) is 6.10 Å². The number of nitrogens with zero attached hydrogens (tertiary/aromatic N) is 1. The number of benzene rings is 1. The van der Waals surface area contributed by atoms with Gasteiger partial charge in [0.1, 0.15) is 5.75 Å². The van der Waals surface area contributed by atoms with E-state index in [1.165, 1.54) is 29.5 Å². The molecule has 20 heavy (non-hydrogen) atoms. The van der Waals surface area contributed by atoms with E-state index in [9.17, 15) is 0 Å². The Kier molecular flexibility index (Phi) is 3.70. The molecule has 104 valence electrons. The molecule has 3 nitrogen and oxygen atoms in total. The summed E-state index contributed by atoms with van der Waals surface area (Å²) >= 11 is 0. The first kappa shape index (κ1) is 13.1. The van der Waals surface area contributed by atoms with Crippen molar-refractivity contribution in [2.45, 2.75) is 31.9 Å². The molecule has 0 radical (unpaired) electrons. The maximum absolute atomic E-state index is 5.88. The summed E-state index contributed by atoms with van der Waals surface area (Å²) in [4.78, 5) is 4.29. The molecule has 1 atom stereocenters. The average molecular weight is 268 g/mol. The fraction of sp³-hybridized carbons (Fsp3) is 0.353. The van der Waals surface area contributed by atoms with Crippen LogP contribution in [-0.2, 0) is 0 Å². The molecule has 1 aliphatic rings. The Morgan fingerprint density at radius 3 is 2.75 bits per heavy atom. The summed E-state index contributed by atoms with van der Waals surface area (Å²) in [5, 5.41) is 3.36. The molecule has 1 N–H and O–H groups in total. The maximum atomic E-state index is 5.88. The molecule has 3 heteroatoms. The minimum Gasteiger partial charge on any atom is -0.490 e. The van der Waals surface area contributed by atoms with E-state index < -0.39 is 0 Å². The molecule has 0 aliphatic heterocycles. The Labute approximate surface area is 120 Å². The third kappa shape index (κ3) is 2.99. The molecule has 1 saturated carbocycles. The molecule has 1 unspecified atom stereocenters. The zero-order chi connectivity index (χ0) is 13.9. The lowest BCUT2D eigenvalue weighted by atomic mass is 9.99. The largest absolute Gasteiger partial charge is 0.490 e. The zero-order valence-corrected chi connectivity index (χ0v) is 12.0. The predicted molar refractivity (Wildman–Crippen MR) is 80.0 cm³/mol. The topological polar surface area (TPSA) is 34.2 Å². The van der Waals surface area contributed by atoms with Crippen LogP contribution in [0.2, 0.25) is 0 Å². The molecule has 1 aromatic carbocycles. The van der Waals surface area contributed by atoms with Gasteiger partial charge in [0.15, 0.2) is 0 Å². The van der Waals surface area contributed by atoms with Crippen LogP contribution in [0.4, 0.5) is 0 Å². The summed E-state index contributed by atoms with van der Waals surface area (Å²) in [7, 11) is 1.97. The molecule has 1 fully saturated rings. The molecule has 1 aliphatic carbocycles. The zero-order valence-electron chi connectivity index (χ0n) is 12.0. The molecule has 1 aromatic heterocycles. The first-order valence-electron chi connectivity index (χ1n) is 7.11. The van der Waals surface area contributed by atoms with E-state index in [1.54, 1.807) is 0 Å². The normalized spacial score (nSPS) is 15.9. The van der Waals surface area contributed by atoms with E-state index in [0.717, 1.165) is 5.75 Å². The Morgan fingerprint density at radius 2 is 2.05 bits per heavy atom. The van der Waals surface area contributed by atoms with Crippen LogP contribution in [-0.4, -0.2) is 18.1 Å². The van der Waals surface area contributed by atoms with E-state index in [4.69, 9.17) is 4.74 Å². The summed E-state index contributed by atoms with van der Waals surface area (Å²) in [6, 6.07) is 10.7. The molecule has 0 spiro atoms. The molecule has 3 rings (SSSR count). The van der Waals surface area contributed by atoms with Crippen LogP contribution < -0.4 is 10.1 Å². The van der Waals surface area contributed by atoms with Gasteiger partial charge in [-0.1, -0.05) is 18.2 Å². The monoisotopic (exact) mass is 268 g/mol.